The number of halogens is 2. The number of hydrogen-bond acceptors (Lipinski definition) is 4. The molecule has 1 N–H and O–H groups in total. The van der Waals surface area contributed by atoms with Crippen molar-refractivity contribution in [3.63, 3.8) is 0 Å². The fraction of sp³-hybridized carbons (Fsp3) is 0.0909. The molecule has 5 nitrogen and oxygen atoms in total. The Morgan fingerprint density at radius 1 is 0.935 bits per heavy atom. The van der Waals surface area contributed by atoms with E-state index in [1.807, 2.05) is 42.5 Å². The average molecular weight is 490 g/mol. The molecule has 9 heteroatoms. The molecule has 0 aliphatic carbocycles. The second-order valence-corrected chi connectivity index (χ2v) is 9.84. The lowest BCUT2D eigenvalue weighted by molar-refractivity contribution is 0.472. The largest absolute Gasteiger partial charge is 0.263 e. The number of hydrogen-bond donors (Lipinski definition) is 1. The lowest BCUT2D eigenvalue weighted by Gasteiger charge is -2.18. The molecule has 1 aliphatic heterocycles. The summed E-state index contributed by atoms with van der Waals surface area (Å²) in [4.78, 5) is 0.0694. The molecular weight excluding hydrogens is 473 g/mol. The molecule has 0 spiro atoms. The van der Waals surface area contributed by atoms with Gasteiger partial charge in [0.05, 0.1) is 17.2 Å². The fourth-order valence-electron chi connectivity index (χ4n) is 3.30. The fourth-order valence-corrected chi connectivity index (χ4v) is 4.94. The van der Waals surface area contributed by atoms with Crippen molar-refractivity contribution in [1.82, 2.24) is 9.73 Å². The molecule has 0 unspecified atom stereocenters. The van der Waals surface area contributed by atoms with Gasteiger partial charge in [-0.25, -0.2) is 13.4 Å². The van der Waals surface area contributed by atoms with Crippen LogP contribution >= 0.6 is 35.4 Å². The van der Waals surface area contributed by atoms with E-state index in [-0.39, 0.29) is 15.9 Å². The maximum absolute atomic E-state index is 12.7. The van der Waals surface area contributed by atoms with Crippen LogP contribution in [0.15, 0.2) is 88.9 Å². The van der Waals surface area contributed by atoms with Gasteiger partial charge in [-0.1, -0.05) is 65.7 Å². The topological polar surface area (TPSA) is 61.8 Å². The molecule has 4 rings (SSSR count). The van der Waals surface area contributed by atoms with Gasteiger partial charge < -0.3 is 0 Å². The zero-order valence-corrected chi connectivity index (χ0v) is 19.2. The first-order valence-corrected chi connectivity index (χ1v) is 12.0. The number of rotatable bonds is 4. The standard InChI is InChI=1S/C22H17Cl2N3O2S2/c23-17-8-6-16(7-9-17)21-20(15-4-2-1-3-5-15)14-27(25-21)22(30)26-31(28,29)19-12-10-18(24)11-13-19/h1-13,20H,14H2,(H,26,30)/t20-/m0/s1. The predicted molar refractivity (Wildman–Crippen MR) is 128 cm³/mol. The van der Waals surface area contributed by atoms with Gasteiger partial charge in [-0.2, -0.15) is 5.10 Å². The van der Waals surface area contributed by atoms with Crippen LogP contribution in [0.3, 0.4) is 0 Å². The summed E-state index contributed by atoms with van der Waals surface area (Å²) in [7, 11) is -3.86. The summed E-state index contributed by atoms with van der Waals surface area (Å²) >= 11 is 17.3. The number of benzene rings is 3. The molecule has 1 atom stereocenters. The normalized spacial score (nSPS) is 16.1. The van der Waals surface area contributed by atoms with E-state index in [0.717, 1.165) is 16.8 Å². The molecule has 0 bridgehead atoms. The van der Waals surface area contributed by atoms with Crippen LogP contribution in [0.25, 0.3) is 0 Å². The summed E-state index contributed by atoms with van der Waals surface area (Å²) in [5.41, 5.74) is 2.74. The van der Waals surface area contributed by atoms with E-state index < -0.39 is 10.0 Å². The summed E-state index contributed by atoms with van der Waals surface area (Å²) in [6, 6.07) is 23.1. The van der Waals surface area contributed by atoms with Gasteiger partial charge in [0.25, 0.3) is 10.0 Å². The molecule has 0 radical (unpaired) electrons. The third kappa shape index (κ3) is 4.91. The smallest absolute Gasteiger partial charge is 0.254 e. The molecule has 0 amide bonds. The van der Waals surface area contributed by atoms with E-state index in [9.17, 15) is 8.42 Å². The SMILES string of the molecule is O=S(=O)(NC(=S)N1C[C@@H](c2ccccc2)C(c2ccc(Cl)cc2)=N1)c1ccc(Cl)cc1. The highest BCUT2D eigenvalue weighted by molar-refractivity contribution is 7.91. The predicted octanol–water partition coefficient (Wildman–Crippen LogP) is 5.06. The Hall–Kier alpha value is -2.45. The monoisotopic (exact) mass is 489 g/mol. The van der Waals surface area contributed by atoms with Crippen LogP contribution in [0, 0.1) is 0 Å². The zero-order chi connectivity index (χ0) is 22.0. The van der Waals surface area contributed by atoms with E-state index in [1.54, 1.807) is 12.1 Å². The number of thiocarbonyl (C=S) groups is 1. The van der Waals surface area contributed by atoms with E-state index in [1.165, 1.54) is 29.3 Å². The molecular formula is C22H17Cl2N3O2S2. The molecule has 31 heavy (non-hydrogen) atoms. The Kier molecular flexibility index (Phi) is 6.29. The molecule has 0 fully saturated rings. The minimum atomic E-state index is -3.86. The van der Waals surface area contributed by atoms with Crippen molar-refractivity contribution >= 4 is 56.3 Å². The van der Waals surface area contributed by atoms with Crippen LogP contribution in [-0.4, -0.2) is 30.8 Å². The van der Waals surface area contributed by atoms with E-state index in [2.05, 4.69) is 9.82 Å². The average Bonchev–Trinajstić information content (AvgIpc) is 3.21. The van der Waals surface area contributed by atoms with Crippen molar-refractivity contribution in [3.05, 3.63) is 100 Å². The molecule has 158 valence electrons. The van der Waals surface area contributed by atoms with Crippen molar-refractivity contribution in [2.24, 2.45) is 5.10 Å². The van der Waals surface area contributed by atoms with Crippen molar-refractivity contribution in [1.29, 1.82) is 0 Å². The molecule has 0 aromatic heterocycles. The molecule has 3 aromatic rings. The van der Waals surface area contributed by atoms with Crippen molar-refractivity contribution < 1.29 is 8.42 Å². The second-order valence-electron chi connectivity index (χ2n) is 6.90. The quantitative estimate of drug-likeness (QED) is 0.520. The van der Waals surface area contributed by atoms with E-state index in [0.29, 0.717) is 16.6 Å². The van der Waals surface area contributed by atoms with Crippen LogP contribution in [0.5, 0.6) is 0 Å². The summed E-state index contributed by atoms with van der Waals surface area (Å²) in [6.07, 6.45) is 0. The highest BCUT2D eigenvalue weighted by Gasteiger charge is 2.32. The summed E-state index contributed by atoms with van der Waals surface area (Å²) in [5.74, 6) is -0.0830. The lowest BCUT2D eigenvalue weighted by Crippen LogP contribution is -2.39. The second kappa shape index (κ2) is 8.96. The molecule has 1 aliphatic rings. The Bertz CT molecular complexity index is 1230. The van der Waals surface area contributed by atoms with Crippen LogP contribution in [0.4, 0.5) is 0 Å². The van der Waals surface area contributed by atoms with Gasteiger partial charge in [-0.3, -0.25) is 4.72 Å². The van der Waals surface area contributed by atoms with Crippen molar-refractivity contribution in [2.75, 3.05) is 6.54 Å². The van der Waals surface area contributed by atoms with Gasteiger partial charge in [0.1, 0.15) is 0 Å². The summed E-state index contributed by atoms with van der Waals surface area (Å²) in [6.45, 7) is 0.407. The number of hydrazone groups is 1. The van der Waals surface area contributed by atoms with Gasteiger partial charge >= 0.3 is 0 Å². The Morgan fingerprint density at radius 3 is 2.13 bits per heavy atom. The highest BCUT2D eigenvalue weighted by atomic mass is 35.5. The molecule has 0 saturated carbocycles. The van der Waals surface area contributed by atoms with Gasteiger partial charge in [-0.05, 0) is 59.7 Å². The summed E-state index contributed by atoms with van der Waals surface area (Å²) in [5, 5.41) is 7.23. The van der Waals surface area contributed by atoms with Crippen LogP contribution < -0.4 is 4.72 Å². The maximum atomic E-state index is 12.7. The third-order valence-electron chi connectivity index (χ3n) is 4.84. The van der Waals surface area contributed by atoms with Crippen LogP contribution in [-0.2, 0) is 10.0 Å². The van der Waals surface area contributed by atoms with Crippen molar-refractivity contribution in [3.8, 4) is 0 Å². The number of nitrogens with one attached hydrogen (secondary N) is 1. The lowest BCUT2D eigenvalue weighted by atomic mass is 9.91. The van der Waals surface area contributed by atoms with E-state index >= 15 is 0 Å². The van der Waals surface area contributed by atoms with Gasteiger partial charge in [-0.15, -0.1) is 0 Å². The Balaban J connectivity index is 1.62. The molecule has 0 saturated heterocycles. The first-order valence-electron chi connectivity index (χ1n) is 9.33. The van der Waals surface area contributed by atoms with Crippen molar-refractivity contribution in [2.45, 2.75) is 10.8 Å². The van der Waals surface area contributed by atoms with Gasteiger partial charge in [0.2, 0.25) is 5.11 Å². The molecule has 3 aromatic carbocycles. The maximum Gasteiger partial charge on any atom is 0.263 e. The van der Waals surface area contributed by atoms with Gasteiger partial charge in [0.15, 0.2) is 0 Å². The van der Waals surface area contributed by atoms with Crippen LogP contribution in [0.2, 0.25) is 10.0 Å². The van der Waals surface area contributed by atoms with E-state index in [4.69, 9.17) is 35.4 Å². The van der Waals surface area contributed by atoms with Gasteiger partial charge in [0, 0.05) is 16.0 Å². The zero-order valence-electron chi connectivity index (χ0n) is 16.1. The Labute approximate surface area is 196 Å². The minimum absolute atomic E-state index is 0.000144. The summed E-state index contributed by atoms with van der Waals surface area (Å²) < 4.78 is 27.9. The highest BCUT2D eigenvalue weighted by Crippen LogP contribution is 2.29. The van der Waals surface area contributed by atoms with Crippen LogP contribution in [0.1, 0.15) is 17.0 Å². The molecule has 1 heterocycles. The first kappa shape index (κ1) is 21.8. The number of nitrogens with zero attached hydrogens (tertiary/aromatic N) is 2. The third-order valence-corrected chi connectivity index (χ3v) is 7.14. The Morgan fingerprint density at radius 2 is 1.52 bits per heavy atom. The minimum Gasteiger partial charge on any atom is -0.254 e. The first-order chi connectivity index (χ1) is 14.8. The number of sulfonamides is 1.